The Morgan fingerprint density at radius 2 is 1.58 bits per heavy atom. The Hall–Kier alpha value is -6.01. The topological polar surface area (TPSA) is 229 Å². The molecule has 7 N–H and O–H groups in total. The summed E-state index contributed by atoms with van der Waals surface area (Å²) in [6.45, 7) is 21.1. The number of rotatable bonds is 6. The third-order valence-corrected chi connectivity index (χ3v) is 14.3. The van der Waals surface area contributed by atoms with E-state index in [1.165, 1.54) is 46.3 Å². The minimum absolute atomic E-state index is 0.0295. The van der Waals surface area contributed by atoms with Crippen LogP contribution in [0.3, 0.4) is 0 Å². The third kappa shape index (κ3) is 9.79. The molecular formula is C52H68N4O13. The summed E-state index contributed by atoms with van der Waals surface area (Å²) in [6.07, 6.45) is 4.73. The van der Waals surface area contributed by atoms with E-state index in [1.807, 2.05) is 0 Å². The van der Waals surface area contributed by atoms with Gasteiger partial charge in [0.25, 0.3) is 11.7 Å². The molecule has 69 heavy (non-hydrogen) atoms. The van der Waals surface area contributed by atoms with Gasteiger partial charge in [-0.3, -0.25) is 19.3 Å². The van der Waals surface area contributed by atoms with Crippen LogP contribution < -0.4 is 25.0 Å². The number of ether oxygens (including phenoxy) is 5. The van der Waals surface area contributed by atoms with Gasteiger partial charge in [0.05, 0.1) is 41.2 Å². The van der Waals surface area contributed by atoms with E-state index in [9.17, 15) is 39.9 Å². The van der Waals surface area contributed by atoms with Crippen molar-refractivity contribution in [2.45, 2.75) is 106 Å². The number of Topliss-reactive ketones (excluding diaryl/α,β-unsaturated/α-hetero) is 1. The number of nitrogens with one attached hydrogen (secondary N) is 2. The van der Waals surface area contributed by atoms with Gasteiger partial charge in [-0.1, -0.05) is 59.8 Å². The number of aliphatic hydroxyl groups is 2. The fourth-order valence-corrected chi connectivity index (χ4v) is 9.82. The van der Waals surface area contributed by atoms with Gasteiger partial charge >= 0.3 is 11.8 Å². The predicted molar refractivity (Wildman–Crippen MR) is 262 cm³/mol. The highest BCUT2D eigenvalue weighted by Crippen LogP contribution is 2.61. The molecule has 0 unspecified atom stereocenters. The van der Waals surface area contributed by atoms with Crippen LogP contribution in [0.1, 0.15) is 84.7 Å². The Kier molecular flexibility index (Phi) is 14.8. The number of allylic oxidation sites excluding steroid dienone is 2. The van der Waals surface area contributed by atoms with Crippen LogP contribution in [0.2, 0.25) is 0 Å². The number of amides is 1. The van der Waals surface area contributed by atoms with E-state index in [-0.39, 0.29) is 67.5 Å². The molecule has 1 saturated heterocycles. The van der Waals surface area contributed by atoms with Crippen molar-refractivity contribution in [3.63, 3.8) is 0 Å². The molecule has 0 aliphatic carbocycles. The fourth-order valence-electron chi connectivity index (χ4n) is 9.82. The number of nitrogens with zero attached hydrogens (tertiary/aromatic N) is 2. The maximum Gasteiger partial charge on any atom is 0.312 e. The molecule has 3 aromatic rings. The molecule has 0 saturated carbocycles. The van der Waals surface area contributed by atoms with Crippen molar-refractivity contribution in [3.05, 3.63) is 59.4 Å². The molecule has 4 bridgehead atoms. The molecule has 9 atom stereocenters. The number of piperazine rings is 1. The van der Waals surface area contributed by atoms with Crippen LogP contribution in [0, 0.1) is 36.5 Å². The number of fused-ring (bicyclic) bond motifs is 2. The Morgan fingerprint density at radius 1 is 0.884 bits per heavy atom. The second kappa shape index (κ2) is 20.1. The minimum Gasteiger partial charge on any atom is -0.507 e. The molecule has 17 heteroatoms. The second-order valence-corrected chi connectivity index (χ2v) is 19.6. The van der Waals surface area contributed by atoms with Gasteiger partial charge in [-0.15, -0.1) is 0 Å². The average molecular weight is 957 g/mol. The van der Waals surface area contributed by atoms with Crippen molar-refractivity contribution >= 4 is 51.2 Å². The zero-order chi connectivity index (χ0) is 50.4. The fraction of sp³-hybridized carbons (Fsp3) is 0.519. The van der Waals surface area contributed by atoms with Crippen molar-refractivity contribution in [3.8, 4) is 34.5 Å². The predicted octanol–water partition coefficient (Wildman–Crippen LogP) is 7.77. The normalized spacial score (nSPS) is 29.5. The van der Waals surface area contributed by atoms with E-state index in [2.05, 4.69) is 34.3 Å². The quantitative estimate of drug-likeness (QED) is 0.0556. The summed E-state index contributed by atoms with van der Waals surface area (Å²) in [5.74, 6) is -7.15. The lowest BCUT2D eigenvalue weighted by molar-refractivity contribution is -0.160. The number of carbonyl (C=O) groups is 3. The summed E-state index contributed by atoms with van der Waals surface area (Å²) in [5.41, 5.74) is 0.815. The van der Waals surface area contributed by atoms with E-state index < -0.39 is 83.0 Å². The molecule has 374 valence electrons. The summed E-state index contributed by atoms with van der Waals surface area (Å²) in [7, 11) is 1.45. The molecule has 0 spiro atoms. The Balaban J connectivity index is 1.36. The van der Waals surface area contributed by atoms with E-state index in [1.54, 1.807) is 58.9 Å². The first-order valence-corrected chi connectivity index (χ1v) is 23.8. The van der Waals surface area contributed by atoms with Gasteiger partial charge in [-0.05, 0) is 38.8 Å². The molecule has 1 amide bonds. The number of hydrogen-bond acceptors (Lipinski definition) is 16. The Bertz CT molecular complexity index is 2580. The zero-order valence-corrected chi connectivity index (χ0v) is 41.4. The zero-order valence-electron chi connectivity index (χ0n) is 41.4. The molecule has 4 aliphatic heterocycles. The number of ketones is 1. The first kappa shape index (κ1) is 50.9. The maximum absolute atomic E-state index is 14.9. The number of phenols is 3. The van der Waals surface area contributed by atoms with Gasteiger partial charge in [0.2, 0.25) is 0 Å². The number of aromatic hydroxyl groups is 3. The lowest BCUT2D eigenvalue weighted by Gasteiger charge is -2.38. The van der Waals surface area contributed by atoms with Gasteiger partial charge < -0.3 is 64.8 Å². The standard InChI is InChI=1S/C52H68N4O13/c1-25(2)15-17-55-18-20-56(21-19-55)33-23-34(58)40-36(24-33)68-49-41(53-40)37-38-45(61)31(8)48-39(37)50(63)52(10,69-48)66-22-16-35(65-11)28(5)47(67-32(9)57)30(7)44(60)29(6)43(59)26(3)13-12-14-27(4)51(64)54-42(49)46(38)62/h12-14,16,22-26,28-30,35,43-44,47,53,58-62H,15,17-21H2,1-11H3,(H,54,64)/b13-12+,22-16+,27-14+/t26-,28+,29+,30+,35-,43-,44+,47+,52-/m0/s1. The van der Waals surface area contributed by atoms with Gasteiger partial charge in [-0.2, -0.15) is 0 Å². The van der Waals surface area contributed by atoms with Crippen molar-refractivity contribution in [1.29, 1.82) is 0 Å². The SMILES string of the molecule is CO[C@H]1/C=C/O[C@@]2(C)Oc3c(C)c(O)c4c(O)c(c5c(c4c3C2=O)Nc2c(O)cc(N3CCN(CCC(C)C)CC3)cc2O5)NC(=O)/C(C)=C/C=C/[C@H](C)[C@H](O)[C@@H](C)[C@@H](O)[C@@H](C)[C@H](OC(C)=O)[C@@H]1C. The highest BCUT2D eigenvalue weighted by molar-refractivity contribution is 6.25. The first-order valence-electron chi connectivity index (χ1n) is 23.8. The van der Waals surface area contributed by atoms with Crippen molar-refractivity contribution in [1.82, 2.24) is 4.90 Å². The monoisotopic (exact) mass is 956 g/mol. The van der Waals surface area contributed by atoms with Crippen LogP contribution in [0.4, 0.5) is 22.7 Å². The Labute approximate surface area is 403 Å². The minimum atomic E-state index is -2.05. The highest BCUT2D eigenvalue weighted by Gasteiger charge is 2.50. The molecule has 3 aromatic carbocycles. The number of carbonyl (C=O) groups excluding carboxylic acids is 3. The molecule has 4 aliphatic rings. The van der Waals surface area contributed by atoms with Crippen LogP contribution in [0.5, 0.6) is 34.5 Å². The number of aliphatic hydroxyl groups excluding tert-OH is 2. The van der Waals surface area contributed by atoms with E-state index >= 15 is 0 Å². The Morgan fingerprint density at radius 3 is 2.23 bits per heavy atom. The second-order valence-electron chi connectivity index (χ2n) is 19.6. The van der Waals surface area contributed by atoms with Crippen molar-refractivity contribution in [2.24, 2.45) is 29.6 Å². The highest BCUT2D eigenvalue weighted by atomic mass is 16.7. The number of phenolic OH excluding ortho intramolecular Hbond substituents is 3. The van der Waals surface area contributed by atoms with Crippen LogP contribution in [0.15, 0.2) is 48.3 Å². The number of methoxy groups -OCH3 is 1. The molecule has 4 heterocycles. The van der Waals surface area contributed by atoms with Gasteiger partial charge in [-0.25, -0.2) is 0 Å². The summed E-state index contributed by atoms with van der Waals surface area (Å²) < 4.78 is 30.6. The van der Waals surface area contributed by atoms with E-state index in [0.717, 1.165) is 26.1 Å². The van der Waals surface area contributed by atoms with Crippen LogP contribution in [-0.2, 0) is 23.8 Å². The summed E-state index contributed by atoms with van der Waals surface area (Å²) >= 11 is 0. The number of esters is 1. The number of anilines is 4. The van der Waals surface area contributed by atoms with Crippen molar-refractivity contribution < 1.29 is 63.6 Å². The van der Waals surface area contributed by atoms with E-state index in [4.69, 9.17) is 23.7 Å². The number of benzene rings is 3. The van der Waals surface area contributed by atoms with Crippen LogP contribution in [0.25, 0.3) is 10.8 Å². The van der Waals surface area contributed by atoms with Crippen LogP contribution >= 0.6 is 0 Å². The molecule has 1 fully saturated rings. The molecule has 0 aromatic heterocycles. The number of hydrogen-bond donors (Lipinski definition) is 7. The van der Waals surface area contributed by atoms with Gasteiger partial charge in [0, 0.05) is 105 Å². The van der Waals surface area contributed by atoms with E-state index in [0.29, 0.717) is 24.7 Å². The molecule has 7 rings (SSSR count). The average Bonchev–Trinajstić information content (AvgIpc) is 3.58. The largest absolute Gasteiger partial charge is 0.507 e. The lowest BCUT2D eigenvalue weighted by atomic mass is 9.78. The summed E-state index contributed by atoms with van der Waals surface area (Å²) in [4.78, 5) is 46.0. The first-order chi connectivity index (χ1) is 32.6. The summed E-state index contributed by atoms with van der Waals surface area (Å²) in [5, 5.41) is 64.8. The molecule has 0 radical (unpaired) electrons. The third-order valence-electron chi connectivity index (χ3n) is 14.3. The molecular weight excluding hydrogens is 889 g/mol. The van der Waals surface area contributed by atoms with Gasteiger partial charge in [0.1, 0.15) is 34.7 Å². The van der Waals surface area contributed by atoms with Gasteiger partial charge in [0.15, 0.2) is 17.2 Å². The smallest absolute Gasteiger partial charge is 0.312 e. The maximum atomic E-state index is 14.9. The summed E-state index contributed by atoms with van der Waals surface area (Å²) in [6, 6.07) is 3.39. The van der Waals surface area contributed by atoms with Crippen LogP contribution in [-0.4, -0.2) is 118 Å². The molecule has 17 nitrogen and oxygen atoms in total. The van der Waals surface area contributed by atoms with Crippen molar-refractivity contribution in [2.75, 3.05) is 55.4 Å². The lowest BCUT2D eigenvalue weighted by Crippen LogP contribution is -2.46.